The standard InChI is InChI=1S/C11H16N2O3/c1-6-9(12-13-10(6)14)7-2-4-8(5-3-7)11(15)16/h7-8H,2-5H2,1H3,(H,15,16)(H2,12,13,14). The predicted octanol–water partition coefficient (Wildman–Crippen LogP) is 1.37. The molecular formula is C11H16N2O3. The van der Waals surface area contributed by atoms with Crippen LogP contribution in [0.5, 0.6) is 0 Å². The fraction of sp³-hybridized carbons (Fsp3) is 0.636. The molecule has 1 aromatic heterocycles. The van der Waals surface area contributed by atoms with Crippen LogP contribution in [-0.2, 0) is 4.79 Å². The SMILES string of the molecule is Cc1c(C2CCC(C(=O)O)CC2)[nH][nH]c1=O. The Hall–Kier alpha value is -1.52. The first-order chi connectivity index (χ1) is 7.59. The summed E-state index contributed by atoms with van der Waals surface area (Å²) in [4.78, 5) is 22.1. The van der Waals surface area contributed by atoms with Crippen molar-refractivity contribution in [2.45, 2.75) is 38.5 Å². The summed E-state index contributed by atoms with van der Waals surface area (Å²) in [5.41, 5.74) is 1.61. The highest BCUT2D eigenvalue weighted by Crippen LogP contribution is 2.35. The van der Waals surface area contributed by atoms with Crippen molar-refractivity contribution >= 4 is 5.97 Å². The van der Waals surface area contributed by atoms with Crippen molar-refractivity contribution in [1.82, 2.24) is 10.2 Å². The van der Waals surface area contributed by atoms with Crippen LogP contribution in [-0.4, -0.2) is 21.3 Å². The van der Waals surface area contributed by atoms with E-state index in [9.17, 15) is 9.59 Å². The number of aromatic nitrogens is 2. The second-order valence-corrected chi connectivity index (χ2v) is 4.50. The Morgan fingerprint density at radius 3 is 2.31 bits per heavy atom. The number of carboxylic acids is 1. The monoisotopic (exact) mass is 224 g/mol. The van der Waals surface area contributed by atoms with E-state index in [4.69, 9.17) is 5.11 Å². The fourth-order valence-electron chi connectivity index (χ4n) is 2.47. The van der Waals surface area contributed by atoms with Gasteiger partial charge in [0.25, 0.3) is 5.56 Å². The lowest BCUT2D eigenvalue weighted by Gasteiger charge is -2.25. The van der Waals surface area contributed by atoms with Crippen molar-refractivity contribution in [3.8, 4) is 0 Å². The first-order valence-corrected chi connectivity index (χ1v) is 5.59. The number of nitrogens with one attached hydrogen (secondary N) is 2. The molecule has 0 amide bonds. The Bertz CT molecular complexity index is 438. The maximum atomic E-state index is 11.3. The molecule has 16 heavy (non-hydrogen) atoms. The highest BCUT2D eigenvalue weighted by atomic mass is 16.4. The lowest BCUT2D eigenvalue weighted by molar-refractivity contribution is -0.142. The number of hydrogen-bond donors (Lipinski definition) is 3. The zero-order valence-corrected chi connectivity index (χ0v) is 9.25. The molecule has 88 valence electrons. The van der Waals surface area contributed by atoms with Gasteiger partial charge in [-0.2, -0.15) is 0 Å². The Kier molecular flexibility index (Phi) is 2.85. The lowest BCUT2D eigenvalue weighted by Crippen LogP contribution is -2.21. The Morgan fingerprint density at radius 2 is 1.88 bits per heavy atom. The molecule has 5 nitrogen and oxygen atoms in total. The molecule has 0 unspecified atom stereocenters. The maximum Gasteiger partial charge on any atom is 0.306 e. The van der Waals surface area contributed by atoms with Crippen molar-refractivity contribution in [1.29, 1.82) is 0 Å². The molecule has 0 aromatic carbocycles. The molecule has 0 atom stereocenters. The van der Waals surface area contributed by atoms with Gasteiger partial charge in [0.15, 0.2) is 0 Å². The molecule has 5 heteroatoms. The van der Waals surface area contributed by atoms with E-state index in [0.717, 1.165) is 24.1 Å². The van der Waals surface area contributed by atoms with E-state index in [1.54, 1.807) is 6.92 Å². The molecule has 3 N–H and O–H groups in total. The molecule has 0 bridgehead atoms. The molecule has 1 aromatic rings. The van der Waals surface area contributed by atoms with E-state index in [2.05, 4.69) is 10.2 Å². The van der Waals surface area contributed by atoms with Crippen molar-refractivity contribution in [2.24, 2.45) is 5.92 Å². The molecule has 1 aliphatic rings. The normalized spacial score (nSPS) is 25.6. The third-order valence-corrected chi connectivity index (χ3v) is 3.54. The molecular weight excluding hydrogens is 208 g/mol. The van der Waals surface area contributed by atoms with Gasteiger partial charge in [0, 0.05) is 17.2 Å². The van der Waals surface area contributed by atoms with E-state index >= 15 is 0 Å². The molecule has 1 saturated carbocycles. The van der Waals surface area contributed by atoms with Crippen LogP contribution >= 0.6 is 0 Å². The summed E-state index contributed by atoms with van der Waals surface area (Å²) >= 11 is 0. The second-order valence-electron chi connectivity index (χ2n) is 4.50. The molecule has 1 aliphatic carbocycles. The van der Waals surface area contributed by atoms with Crippen molar-refractivity contribution in [2.75, 3.05) is 0 Å². The number of carboxylic acid groups (broad SMARTS) is 1. The van der Waals surface area contributed by atoms with Crippen LogP contribution in [0.4, 0.5) is 0 Å². The molecule has 0 aliphatic heterocycles. The summed E-state index contributed by atoms with van der Waals surface area (Å²) in [7, 11) is 0. The first kappa shape index (κ1) is 11.0. The number of hydrogen-bond acceptors (Lipinski definition) is 2. The van der Waals surface area contributed by atoms with Gasteiger partial charge in [0.1, 0.15) is 0 Å². The summed E-state index contributed by atoms with van der Waals surface area (Å²) in [5.74, 6) is -0.602. The van der Waals surface area contributed by atoms with Gasteiger partial charge in [-0.3, -0.25) is 14.7 Å². The summed E-state index contributed by atoms with van der Waals surface area (Å²) in [5, 5.41) is 14.4. The average molecular weight is 224 g/mol. The number of aromatic amines is 2. The minimum Gasteiger partial charge on any atom is -0.481 e. The molecule has 0 radical (unpaired) electrons. The van der Waals surface area contributed by atoms with Crippen LogP contribution in [0.15, 0.2) is 4.79 Å². The molecule has 1 fully saturated rings. The van der Waals surface area contributed by atoms with Crippen molar-refractivity contribution in [3.63, 3.8) is 0 Å². The highest BCUT2D eigenvalue weighted by Gasteiger charge is 2.28. The molecule has 0 spiro atoms. The molecule has 1 heterocycles. The first-order valence-electron chi connectivity index (χ1n) is 5.59. The van der Waals surface area contributed by atoms with Crippen LogP contribution in [0.3, 0.4) is 0 Å². The van der Waals surface area contributed by atoms with Crippen molar-refractivity contribution < 1.29 is 9.90 Å². The Balaban J connectivity index is 2.07. The maximum absolute atomic E-state index is 11.3. The highest BCUT2D eigenvalue weighted by molar-refractivity contribution is 5.70. The topological polar surface area (TPSA) is 85.9 Å². The van der Waals surface area contributed by atoms with Crippen LogP contribution in [0, 0.1) is 12.8 Å². The van der Waals surface area contributed by atoms with Gasteiger partial charge in [-0.15, -0.1) is 0 Å². The zero-order chi connectivity index (χ0) is 11.7. The van der Waals surface area contributed by atoms with Gasteiger partial charge in [-0.05, 0) is 32.6 Å². The van der Waals surface area contributed by atoms with Crippen LogP contribution in [0.2, 0.25) is 0 Å². The van der Waals surface area contributed by atoms with E-state index in [1.807, 2.05) is 0 Å². The third kappa shape index (κ3) is 1.89. The minimum absolute atomic E-state index is 0.0737. The largest absolute Gasteiger partial charge is 0.481 e. The number of rotatable bonds is 2. The van der Waals surface area contributed by atoms with Gasteiger partial charge in [0.2, 0.25) is 0 Å². The van der Waals surface area contributed by atoms with E-state index in [-0.39, 0.29) is 11.5 Å². The molecule has 0 saturated heterocycles. The summed E-state index contributed by atoms with van der Waals surface area (Å²) in [6, 6.07) is 0. The summed E-state index contributed by atoms with van der Waals surface area (Å²) in [6.45, 7) is 1.80. The quantitative estimate of drug-likeness (QED) is 0.709. The Labute approximate surface area is 92.9 Å². The zero-order valence-electron chi connectivity index (χ0n) is 9.25. The van der Waals surface area contributed by atoms with Crippen LogP contribution < -0.4 is 5.56 Å². The number of H-pyrrole nitrogens is 2. The fourth-order valence-corrected chi connectivity index (χ4v) is 2.47. The number of carbonyl (C=O) groups is 1. The van der Waals surface area contributed by atoms with E-state index in [1.165, 1.54) is 0 Å². The summed E-state index contributed by atoms with van der Waals surface area (Å²) < 4.78 is 0. The van der Waals surface area contributed by atoms with Gasteiger partial charge >= 0.3 is 5.97 Å². The van der Waals surface area contributed by atoms with Gasteiger partial charge in [-0.1, -0.05) is 0 Å². The van der Waals surface area contributed by atoms with E-state index in [0.29, 0.717) is 18.8 Å². The second kappa shape index (κ2) is 4.15. The van der Waals surface area contributed by atoms with Gasteiger partial charge in [0.05, 0.1) is 5.92 Å². The smallest absolute Gasteiger partial charge is 0.306 e. The lowest BCUT2D eigenvalue weighted by atomic mass is 9.80. The van der Waals surface area contributed by atoms with Crippen LogP contribution in [0.1, 0.15) is 42.9 Å². The van der Waals surface area contributed by atoms with Gasteiger partial charge < -0.3 is 10.2 Å². The Morgan fingerprint density at radius 1 is 1.25 bits per heavy atom. The van der Waals surface area contributed by atoms with Crippen molar-refractivity contribution in [3.05, 3.63) is 21.6 Å². The average Bonchev–Trinajstić information content (AvgIpc) is 2.60. The van der Waals surface area contributed by atoms with E-state index < -0.39 is 5.97 Å². The predicted molar refractivity (Wildman–Crippen MR) is 58.5 cm³/mol. The molecule has 2 rings (SSSR count). The number of aliphatic carboxylic acids is 1. The van der Waals surface area contributed by atoms with Gasteiger partial charge in [-0.25, -0.2) is 0 Å². The summed E-state index contributed by atoms with van der Waals surface area (Å²) in [6.07, 6.45) is 3.08. The van der Waals surface area contributed by atoms with Crippen LogP contribution in [0.25, 0.3) is 0 Å². The third-order valence-electron chi connectivity index (χ3n) is 3.54. The minimum atomic E-state index is -0.697.